The Morgan fingerprint density at radius 3 is 1.99 bits per heavy atom. The summed E-state index contributed by atoms with van der Waals surface area (Å²) in [6, 6.07) is 30.8. The van der Waals surface area contributed by atoms with Crippen LogP contribution in [-0.4, -0.2) is 138 Å². The van der Waals surface area contributed by atoms with E-state index in [2.05, 4.69) is 10.2 Å². The Kier molecular flexibility index (Phi) is 19.4. The molecule has 18 nitrogen and oxygen atoms in total. The fourth-order valence-corrected chi connectivity index (χ4v) is 12.9. The van der Waals surface area contributed by atoms with E-state index in [1.807, 2.05) is 24.3 Å². The molecular weight excluding hydrogens is 1100 g/mol. The van der Waals surface area contributed by atoms with Gasteiger partial charge >= 0.3 is 29.8 Å². The number of aryl methyl sites for hydroxylation is 1. The van der Waals surface area contributed by atoms with Crippen LogP contribution in [0, 0.1) is 16.7 Å². The minimum Gasteiger partial charge on any atom is -0.456 e. The SMILES string of the molecule is CC(=O)O[C@H]1C(=O)[C@@]2(C)C([C@H](OC(=O)c3ccccc3)[C@]3(O)C[C@H](OC(=O)[C@H](O)[C@@H](NC(=O)c4ccccc4)c4ccccc4)C(C)=C1C3(C)C)[C@]1(OC(C)=O)CO[C@@H]1C[C@@H]2OCOC(=O)CCCc1ccc(N(CCCl)CCCl)cc1. The van der Waals surface area contributed by atoms with Crippen LogP contribution in [0.2, 0.25) is 0 Å². The quantitative estimate of drug-likeness (QED) is 0.0226. The van der Waals surface area contributed by atoms with Crippen LogP contribution in [-0.2, 0) is 63.6 Å². The maximum atomic E-state index is 16.3. The molecule has 438 valence electrons. The number of Topliss-reactive ketones (excluding diaryl/α,β-unsaturated/α-hetero) is 1. The lowest BCUT2D eigenvalue weighted by Gasteiger charge is -2.67. The number of alkyl halides is 2. The molecule has 11 atom stereocenters. The number of rotatable bonds is 22. The van der Waals surface area contributed by atoms with Crippen LogP contribution in [0.5, 0.6) is 0 Å². The summed E-state index contributed by atoms with van der Waals surface area (Å²) in [7, 11) is 0. The van der Waals surface area contributed by atoms with Crippen LogP contribution in [0.25, 0.3) is 0 Å². The monoisotopic (exact) mass is 1170 g/mol. The number of halogens is 2. The number of carbonyl (C=O) groups is 7. The van der Waals surface area contributed by atoms with Gasteiger partial charge in [-0.3, -0.25) is 24.0 Å². The van der Waals surface area contributed by atoms with Crippen molar-refractivity contribution in [1.29, 1.82) is 0 Å². The Morgan fingerprint density at radius 1 is 0.805 bits per heavy atom. The summed E-state index contributed by atoms with van der Waals surface area (Å²) in [6.45, 7) is 8.62. The highest BCUT2D eigenvalue weighted by Gasteiger charge is 2.79. The van der Waals surface area contributed by atoms with Crippen LogP contribution < -0.4 is 10.2 Å². The molecule has 3 fully saturated rings. The first kappa shape index (κ1) is 61.4. The molecule has 4 aliphatic rings. The highest BCUT2D eigenvalue weighted by atomic mass is 35.5. The first-order valence-corrected chi connectivity index (χ1v) is 28.4. The minimum absolute atomic E-state index is 0.000108. The Balaban J connectivity index is 1.17. The maximum absolute atomic E-state index is 16.3. The first-order valence-electron chi connectivity index (χ1n) is 27.4. The minimum atomic E-state index is -2.47. The van der Waals surface area contributed by atoms with Gasteiger partial charge in [-0.15, -0.1) is 23.2 Å². The second kappa shape index (κ2) is 25.9. The van der Waals surface area contributed by atoms with E-state index in [-0.39, 0.29) is 41.7 Å². The molecule has 1 amide bonds. The Labute approximate surface area is 486 Å². The summed E-state index contributed by atoms with van der Waals surface area (Å²) < 4.78 is 43.5. The van der Waals surface area contributed by atoms with Crippen LogP contribution in [0.3, 0.4) is 0 Å². The molecule has 3 N–H and O–H groups in total. The van der Waals surface area contributed by atoms with Crippen molar-refractivity contribution in [1.82, 2.24) is 5.32 Å². The molecular formula is C62H70Cl2N2O16. The van der Waals surface area contributed by atoms with Gasteiger partial charge in [0, 0.05) is 74.6 Å². The highest BCUT2D eigenvalue weighted by Crippen LogP contribution is 2.65. The summed E-state index contributed by atoms with van der Waals surface area (Å²) in [4.78, 5) is 102. The van der Waals surface area contributed by atoms with E-state index in [4.69, 9.17) is 56.4 Å². The molecule has 20 heteroatoms. The van der Waals surface area contributed by atoms with Crippen molar-refractivity contribution in [3.05, 3.63) is 149 Å². The second-order valence-electron chi connectivity index (χ2n) is 22.0. The number of aliphatic hydroxyl groups excluding tert-OH is 1. The maximum Gasteiger partial charge on any atom is 0.338 e. The van der Waals surface area contributed by atoms with E-state index in [9.17, 15) is 39.0 Å². The molecule has 1 saturated heterocycles. The standard InChI is InChI=1S/C62H70Cl2N2O16/c1-37-45(80-58(74)51(70)50(41-18-10-7-11-19-41)65-56(72)42-20-12-8-13-21-42)34-62(75)55(81-57(73)43-22-14-9-15-23-43)53-60(6,54(71)52(79-38(2)67)49(37)59(62,4)5)46(33-47-61(53,35-76-47)82-39(3)68)77-36-78-48(69)24-16-17-40-25-27-44(28-26-40)66(31-29-63)32-30-64/h7-15,18-23,25-28,45-47,50-53,55,70,75H,16-17,24,29-36H2,1-6H3,(H,65,72)/t45-,46-,47+,50-,51+,52+,53?,55-,60+,61-,62+/m0/s1. The Morgan fingerprint density at radius 2 is 1.41 bits per heavy atom. The number of esters is 5. The summed E-state index contributed by atoms with van der Waals surface area (Å²) in [5.74, 6) is -6.73. The molecule has 4 aromatic carbocycles. The summed E-state index contributed by atoms with van der Waals surface area (Å²) >= 11 is 12.0. The predicted molar refractivity (Wildman–Crippen MR) is 301 cm³/mol. The zero-order chi connectivity index (χ0) is 59.1. The molecule has 8 rings (SSSR count). The van der Waals surface area contributed by atoms with Crippen LogP contribution >= 0.6 is 23.2 Å². The number of carbonyl (C=O) groups excluding carboxylic acids is 7. The number of aliphatic hydroxyl groups is 2. The fourth-order valence-electron chi connectivity index (χ4n) is 12.5. The van der Waals surface area contributed by atoms with Gasteiger partial charge in [-0.2, -0.15) is 0 Å². The van der Waals surface area contributed by atoms with Crippen molar-refractivity contribution < 1.29 is 76.9 Å². The highest BCUT2D eigenvalue weighted by molar-refractivity contribution is 6.18. The average molecular weight is 1170 g/mol. The number of nitrogens with zero attached hydrogens (tertiary/aromatic N) is 1. The number of nitrogens with one attached hydrogen (secondary N) is 1. The summed E-state index contributed by atoms with van der Waals surface area (Å²) in [6.07, 6.45) is -9.61. The topological polar surface area (TPSA) is 240 Å². The molecule has 0 spiro atoms. The smallest absolute Gasteiger partial charge is 0.338 e. The zero-order valence-corrected chi connectivity index (χ0v) is 48.2. The van der Waals surface area contributed by atoms with E-state index in [1.54, 1.807) is 92.7 Å². The van der Waals surface area contributed by atoms with Crippen molar-refractivity contribution in [3.8, 4) is 0 Å². The summed E-state index contributed by atoms with van der Waals surface area (Å²) in [5, 5.41) is 28.9. The number of anilines is 1. The Bertz CT molecular complexity index is 2990. The lowest BCUT2D eigenvalue weighted by molar-refractivity contribution is -0.351. The van der Waals surface area contributed by atoms with Crippen LogP contribution in [0.15, 0.2) is 126 Å². The Hall–Kier alpha value is -6.67. The van der Waals surface area contributed by atoms with Gasteiger partial charge in [0.25, 0.3) is 5.91 Å². The molecule has 2 saturated carbocycles. The lowest BCUT2D eigenvalue weighted by Crippen LogP contribution is -2.82. The number of fused-ring (bicyclic) bond motifs is 5. The number of hydrogen-bond donors (Lipinski definition) is 3. The first-order chi connectivity index (χ1) is 39.1. The molecule has 0 aromatic heterocycles. The third kappa shape index (κ3) is 12.3. The molecule has 0 radical (unpaired) electrons. The average Bonchev–Trinajstić information content (AvgIpc) is 0.801. The number of ether oxygens (including phenoxy) is 7. The van der Waals surface area contributed by atoms with Crippen LogP contribution in [0.1, 0.15) is 105 Å². The normalized spacial score (nSPS) is 26.8. The van der Waals surface area contributed by atoms with Crippen molar-refractivity contribution in [2.45, 2.75) is 128 Å². The van der Waals surface area contributed by atoms with Crippen molar-refractivity contribution in [3.63, 3.8) is 0 Å². The van der Waals surface area contributed by atoms with Gasteiger partial charge in [-0.1, -0.05) is 92.7 Å². The van der Waals surface area contributed by atoms with E-state index >= 15 is 4.79 Å². The molecule has 1 aliphatic heterocycles. The molecule has 4 aromatic rings. The molecule has 82 heavy (non-hydrogen) atoms. The number of hydrogen-bond acceptors (Lipinski definition) is 17. The van der Waals surface area contributed by atoms with Gasteiger partial charge in [-0.05, 0) is 85.4 Å². The van der Waals surface area contributed by atoms with Crippen molar-refractivity contribution in [2.75, 3.05) is 43.1 Å². The zero-order valence-electron chi connectivity index (χ0n) is 46.7. The third-order valence-corrected chi connectivity index (χ3v) is 17.1. The molecule has 3 aliphatic carbocycles. The van der Waals surface area contributed by atoms with Crippen molar-refractivity contribution in [2.24, 2.45) is 16.7 Å². The molecule has 1 heterocycles. The van der Waals surface area contributed by atoms with E-state index in [0.717, 1.165) is 25.1 Å². The molecule has 1 unspecified atom stereocenters. The lowest BCUT2D eigenvalue weighted by atomic mass is 9.44. The summed E-state index contributed by atoms with van der Waals surface area (Å²) in [5.41, 5.74) is -5.43. The largest absolute Gasteiger partial charge is 0.456 e. The van der Waals surface area contributed by atoms with E-state index < -0.39 is 125 Å². The predicted octanol–water partition coefficient (Wildman–Crippen LogP) is 7.57. The number of amides is 1. The van der Waals surface area contributed by atoms with Gasteiger partial charge in [0.05, 0.1) is 35.6 Å². The van der Waals surface area contributed by atoms with Crippen LogP contribution in [0.4, 0.5) is 5.69 Å². The fraction of sp³-hybridized carbons (Fsp3) is 0.468. The number of benzene rings is 4. The van der Waals surface area contributed by atoms with Gasteiger partial charge in [0.2, 0.25) is 0 Å². The van der Waals surface area contributed by atoms with E-state index in [0.29, 0.717) is 43.3 Å². The number of ketones is 1. The van der Waals surface area contributed by atoms with E-state index in [1.165, 1.54) is 26.0 Å². The van der Waals surface area contributed by atoms with Gasteiger partial charge < -0.3 is 53.6 Å². The van der Waals surface area contributed by atoms with Gasteiger partial charge in [-0.25, -0.2) is 9.59 Å². The van der Waals surface area contributed by atoms with Gasteiger partial charge in [0.1, 0.15) is 23.9 Å². The second-order valence-corrected chi connectivity index (χ2v) is 22.8. The van der Waals surface area contributed by atoms with Crippen molar-refractivity contribution >= 4 is 70.4 Å². The van der Waals surface area contributed by atoms with Gasteiger partial charge in [0.15, 0.2) is 30.4 Å². The molecule has 2 bridgehead atoms. The third-order valence-electron chi connectivity index (χ3n) is 16.8.